The van der Waals surface area contributed by atoms with Gasteiger partial charge >= 0.3 is 6.03 Å². The van der Waals surface area contributed by atoms with E-state index in [1.807, 2.05) is 0 Å². The van der Waals surface area contributed by atoms with Crippen LogP contribution < -0.4 is 10.9 Å². The van der Waals surface area contributed by atoms with Crippen LogP contribution in [0.5, 0.6) is 0 Å². The van der Waals surface area contributed by atoms with Crippen LogP contribution in [-0.2, 0) is 4.74 Å². The number of rotatable bonds is 5. The Kier molecular flexibility index (Phi) is 7.24. The molecule has 4 heterocycles. The highest BCUT2D eigenvalue weighted by molar-refractivity contribution is 5.92. The monoisotopic (exact) mass is 530 g/mol. The number of fused-ring (bicyclic) bond motifs is 1. The maximum atomic E-state index is 14.8. The smallest absolute Gasteiger partial charge is 0.320 e. The zero-order chi connectivity index (χ0) is 27.0. The minimum atomic E-state index is -2.93. The van der Waals surface area contributed by atoms with Gasteiger partial charge in [-0.05, 0) is 20.3 Å². The van der Waals surface area contributed by atoms with Gasteiger partial charge in [0, 0.05) is 54.8 Å². The van der Waals surface area contributed by atoms with E-state index in [0.29, 0.717) is 68.1 Å². The van der Waals surface area contributed by atoms with E-state index < -0.39 is 23.8 Å². The minimum Gasteiger partial charge on any atom is -0.378 e. The number of hydrogen-bond donors (Lipinski definition) is 1. The van der Waals surface area contributed by atoms with E-state index in [4.69, 9.17) is 4.74 Å². The lowest BCUT2D eigenvalue weighted by atomic mass is 10.0. The molecule has 38 heavy (non-hydrogen) atoms. The van der Waals surface area contributed by atoms with E-state index in [1.165, 1.54) is 18.2 Å². The fraction of sp³-hybridized carbons (Fsp3) is 0.462. The third-order valence-electron chi connectivity index (χ3n) is 7.25. The number of hydrogen-bond acceptors (Lipinski definition) is 6. The summed E-state index contributed by atoms with van der Waals surface area (Å²) in [5, 5.41) is 12.6. The summed E-state index contributed by atoms with van der Waals surface area (Å²) in [5.41, 5.74) is -0.278. The Balaban J connectivity index is 1.43. The number of carbonyl (C=O) groups excluding carboxylic acids is 1. The van der Waals surface area contributed by atoms with Gasteiger partial charge in [-0.15, -0.1) is 5.10 Å². The van der Waals surface area contributed by atoms with Crippen molar-refractivity contribution in [3.63, 3.8) is 0 Å². The molecule has 9 nitrogen and oxygen atoms in total. The Hall–Kier alpha value is -3.67. The lowest BCUT2D eigenvalue weighted by molar-refractivity contribution is 0.0449. The van der Waals surface area contributed by atoms with Crippen molar-refractivity contribution in [1.82, 2.24) is 24.6 Å². The SMILES string of the molecule is Cc1nnc(N[C@H](C)c2cccc(C(F)F)c2F)c2cn(C3CCN(C(=O)N4CCOCC4)C3)c(=O)cc12. The van der Waals surface area contributed by atoms with Crippen molar-refractivity contribution in [1.29, 1.82) is 0 Å². The number of anilines is 1. The number of aromatic nitrogens is 3. The van der Waals surface area contributed by atoms with E-state index in [0.717, 1.165) is 6.07 Å². The second-order valence-electron chi connectivity index (χ2n) is 9.67. The van der Waals surface area contributed by atoms with Gasteiger partial charge in [-0.2, -0.15) is 5.10 Å². The predicted molar refractivity (Wildman–Crippen MR) is 135 cm³/mol. The fourth-order valence-electron chi connectivity index (χ4n) is 5.11. The average Bonchev–Trinajstić information content (AvgIpc) is 3.40. The largest absolute Gasteiger partial charge is 0.378 e. The first-order valence-corrected chi connectivity index (χ1v) is 12.6. The summed E-state index contributed by atoms with van der Waals surface area (Å²) in [6.07, 6.45) is -0.630. The molecule has 12 heteroatoms. The molecule has 0 aliphatic carbocycles. The number of likely N-dealkylation sites (tertiary alicyclic amines) is 1. The van der Waals surface area contributed by atoms with Gasteiger partial charge in [-0.1, -0.05) is 18.2 Å². The van der Waals surface area contributed by atoms with Crippen LogP contribution in [0.15, 0.2) is 35.3 Å². The van der Waals surface area contributed by atoms with Crippen molar-refractivity contribution >= 4 is 22.6 Å². The molecule has 0 bridgehead atoms. The Labute approximate surface area is 217 Å². The van der Waals surface area contributed by atoms with Crippen molar-refractivity contribution in [2.75, 3.05) is 44.7 Å². The number of nitrogens with zero attached hydrogens (tertiary/aromatic N) is 5. The number of morpholine rings is 1. The van der Waals surface area contributed by atoms with Crippen LogP contribution in [-0.4, -0.2) is 70.0 Å². The summed E-state index contributed by atoms with van der Waals surface area (Å²) >= 11 is 0. The van der Waals surface area contributed by atoms with Crippen LogP contribution >= 0.6 is 0 Å². The number of amides is 2. The first-order valence-electron chi connectivity index (χ1n) is 12.6. The molecule has 2 aliphatic rings. The summed E-state index contributed by atoms with van der Waals surface area (Å²) in [6, 6.07) is 4.38. The quantitative estimate of drug-likeness (QED) is 0.535. The number of pyridine rings is 1. The number of halogens is 3. The maximum absolute atomic E-state index is 14.8. The molecule has 0 radical (unpaired) electrons. The minimum absolute atomic E-state index is 0.0596. The van der Waals surface area contributed by atoms with Gasteiger partial charge in [0.05, 0.1) is 36.6 Å². The lowest BCUT2D eigenvalue weighted by Crippen LogP contribution is -2.47. The van der Waals surface area contributed by atoms with E-state index >= 15 is 0 Å². The molecule has 2 fully saturated rings. The van der Waals surface area contributed by atoms with Crippen LogP contribution in [0.1, 0.15) is 48.7 Å². The van der Waals surface area contributed by atoms with E-state index in [-0.39, 0.29) is 23.2 Å². The topological polar surface area (TPSA) is 92.6 Å². The number of nitrogens with one attached hydrogen (secondary N) is 1. The zero-order valence-corrected chi connectivity index (χ0v) is 21.2. The average molecular weight is 531 g/mol. The van der Waals surface area contributed by atoms with Crippen LogP contribution in [0.25, 0.3) is 10.8 Å². The van der Waals surface area contributed by atoms with Crippen molar-refractivity contribution in [3.05, 3.63) is 63.5 Å². The number of aryl methyl sites for hydroxylation is 1. The number of carbonyl (C=O) groups is 1. The molecule has 3 aromatic rings. The second kappa shape index (κ2) is 10.6. The lowest BCUT2D eigenvalue weighted by Gasteiger charge is -2.31. The van der Waals surface area contributed by atoms with E-state index in [9.17, 15) is 22.8 Å². The summed E-state index contributed by atoms with van der Waals surface area (Å²) < 4.78 is 48.1. The molecule has 2 saturated heterocycles. The molecule has 1 N–H and O–H groups in total. The molecule has 5 rings (SSSR count). The molecule has 1 aromatic carbocycles. The molecule has 1 unspecified atom stereocenters. The number of benzene rings is 1. The van der Waals surface area contributed by atoms with Crippen molar-refractivity contribution in [2.45, 2.75) is 38.8 Å². The summed E-state index contributed by atoms with van der Waals surface area (Å²) in [4.78, 5) is 29.5. The molecular weight excluding hydrogens is 501 g/mol. The molecule has 2 aromatic heterocycles. The highest BCUT2D eigenvalue weighted by Gasteiger charge is 2.31. The Morgan fingerprint density at radius 3 is 2.58 bits per heavy atom. The van der Waals surface area contributed by atoms with Gasteiger partial charge < -0.3 is 24.4 Å². The van der Waals surface area contributed by atoms with E-state index in [2.05, 4.69) is 15.5 Å². The highest BCUT2D eigenvalue weighted by atomic mass is 19.3. The van der Waals surface area contributed by atoms with Crippen molar-refractivity contribution < 1.29 is 22.7 Å². The molecule has 202 valence electrons. The van der Waals surface area contributed by atoms with Crippen LogP contribution in [0, 0.1) is 12.7 Å². The van der Waals surface area contributed by atoms with Crippen LogP contribution in [0.4, 0.5) is 23.8 Å². The summed E-state index contributed by atoms with van der Waals surface area (Å²) in [5.74, 6) is -0.673. The predicted octanol–water partition coefficient (Wildman–Crippen LogP) is 4.05. The van der Waals surface area contributed by atoms with Gasteiger partial charge in [-0.25, -0.2) is 18.0 Å². The van der Waals surface area contributed by atoms with Gasteiger partial charge in [0.2, 0.25) is 0 Å². The molecule has 2 aliphatic heterocycles. The first-order chi connectivity index (χ1) is 18.2. The molecule has 0 spiro atoms. The van der Waals surface area contributed by atoms with Crippen molar-refractivity contribution in [3.8, 4) is 0 Å². The normalized spacial score (nSPS) is 18.8. The second-order valence-corrected chi connectivity index (χ2v) is 9.67. The first kappa shape index (κ1) is 26.0. The van der Waals surface area contributed by atoms with Gasteiger partial charge in [0.15, 0.2) is 5.82 Å². The zero-order valence-electron chi connectivity index (χ0n) is 21.2. The van der Waals surface area contributed by atoms with Crippen LogP contribution in [0.2, 0.25) is 0 Å². The van der Waals surface area contributed by atoms with Crippen LogP contribution in [0.3, 0.4) is 0 Å². The highest BCUT2D eigenvalue weighted by Crippen LogP contribution is 2.31. The molecule has 2 atom stereocenters. The molecule has 2 amide bonds. The van der Waals surface area contributed by atoms with Crippen molar-refractivity contribution in [2.24, 2.45) is 0 Å². The number of ether oxygens (including phenoxy) is 1. The maximum Gasteiger partial charge on any atom is 0.320 e. The third kappa shape index (κ3) is 4.92. The Bertz CT molecular complexity index is 1410. The molecule has 0 saturated carbocycles. The number of alkyl halides is 2. The summed E-state index contributed by atoms with van der Waals surface area (Å²) in [6.45, 7) is 6.41. The number of urea groups is 1. The van der Waals surface area contributed by atoms with Gasteiger partial charge in [-0.3, -0.25) is 4.79 Å². The Morgan fingerprint density at radius 2 is 1.84 bits per heavy atom. The fourth-order valence-corrected chi connectivity index (χ4v) is 5.11. The third-order valence-corrected chi connectivity index (χ3v) is 7.25. The van der Waals surface area contributed by atoms with E-state index in [1.54, 1.807) is 34.4 Å². The van der Waals surface area contributed by atoms with Gasteiger partial charge in [0.25, 0.3) is 12.0 Å². The Morgan fingerprint density at radius 1 is 1.11 bits per heavy atom. The van der Waals surface area contributed by atoms with Gasteiger partial charge in [0.1, 0.15) is 5.82 Å². The molecular formula is C26H29F3N6O3. The summed E-state index contributed by atoms with van der Waals surface area (Å²) in [7, 11) is 0. The standard InChI is InChI=1S/C26H29F3N6O3/c1-15(18-4-3-5-19(23(18)27)24(28)29)30-25-21-14-35(22(36)12-20(21)16(2)31-32-25)17-6-7-34(13-17)26(37)33-8-10-38-11-9-33/h3-5,12,14-15,17,24H,6-11,13H2,1-2H3,(H,30,32)/t15-,17?/m1/s1.